The zero-order chi connectivity index (χ0) is 19.8. The van der Waals surface area contributed by atoms with Crippen molar-refractivity contribution in [2.45, 2.75) is 13.0 Å². The standard InChI is InChI=1S/C23H22FNO2S/c1-26-21-9-5-8-20(22(21)27-16-18-10-12-19(24)13-11-18)23(28)25-15-14-17-6-3-2-4-7-17/h2-13H,14-16H2,1H3,(H,25,28). The molecule has 0 bridgehead atoms. The molecule has 5 heteroatoms. The molecule has 0 unspecified atom stereocenters. The molecule has 0 aliphatic carbocycles. The molecule has 0 amide bonds. The van der Waals surface area contributed by atoms with Gasteiger partial charge in [0.25, 0.3) is 0 Å². The van der Waals surface area contributed by atoms with E-state index in [9.17, 15) is 4.39 Å². The zero-order valence-electron chi connectivity index (χ0n) is 15.7. The van der Waals surface area contributed by atoms with Crippen molar-refractivity contribution in [1.29, 1.82) is 0 Å². The molecule has 0 radical (unpaired) electrons. The van der Waals surface area contributed by atoms with E-state index in [4.69, 9.17) is 21.7 Å². The van der Waals surface area contributed by atoms with Crippen LogP contribution in [0.5, 0.6) is 11.5 Å². The number of ether oxygens (including phenoxy) is 2. The first-order valence-electron chi connectivity index (χ1n) is 9.04. The fourth-order valence-electron chi connectivity index (χ4n) is 2.80. The van der Waals surface area contributed by atoms with E-state index in [-0.39, 0.29) is 5.82 Å². The lowest BCUT2D eigenvalue weighted by molar-refractivity contribution is 0.284. The SMILES string of the molecule is COc1cccc(C(=S)NCCc2ccccc2)c1OCc1ccc(F)cc1. The van der Waals surface area contributed by atoms with Gasteiger partial charge in [0.2, 0.25) is 0 Å². The molecule has 0 fully saturated rings. The fourth-order valence-corrected chi connectivity index (χ4v) is 3.06. The lowest BCUT2D eigenvalue weighted by Gasteiger charge is -2.16. The van der Waals surface area contributed by atoms with Gasteiger partial charge in [-0.2, -0.15) is 0 Å². The molecule has 0 atom stereocenters. The van der Waals surface area contributed by atoms with Crippen molar-refractivity contribution in [3.8, 4) is 11.5 Å². The van der Waals surface area contributed by atoms with Crippen molar-refractivity contribution in [1.82, 2.24) is 5.32 Å². The molecule has 0 saturated carbocycles. The van der Waals surface area contributed by atoms with E-state index in [1.54, 1.807) is 19.2 Å². The van der Waals surface area contributed by atoms with Gasteiger partial charge in [-0.05, 0) is 41.8 Å². The largest absolute Gasteiger partial charge is 0.493 e. The average Bonchev–Trinajstić information content (AvgIpc) is 2.73. The van der Waals surface area contributed by atoms with Crippen molar-refractivity contribution < 1.29 is 13.9 Å². The summed E-state index contributed by atoms with van der Waals surface area (Å²) in [6.07, 6.45) is 0.872. The summed E-state index contributed by atoms with van der Waals surface area (Å²) < 4.78 is 24.5. The van der Waals surface area contributed by atoms with Gasteiger partial charge >= 0.3 is 0 Å². The van der Waals surface area contributed by atoms with Crippen LogP contribution in [0.3, 0.4) is 0 Å². The maximum Gasteiger partial charge on any atom is 0.171 e. The first-order chi connectivity index (χ1) is 13.7. The van der Waals surface area contributed by atoms with Crippen LogP contribution in [0.4, 0.5) is 4.39 Å². The highest BCUT2D eigenvalue weighted by Gasteiger charge is 2.14. The Bertz CT molecular complexity index is 914. The minimum Gasteiger partial charge on any atom is -0.493 e. The van der Waals surface area contributed by atoms with Crippen molar-refractivity contribution >= 4 is 17.2 Å². The lowest BCUT2D eigenvalue weighted by atomic mass is 10.1. The Morgan fingerprint density at radius 1 is 0.929 bits per heavy atom. The normalized spacial score (nSPS) is 10.4. The van der Waals surface area contributed by atoms with Crippen LogP contribution in [0.2, 0.25) is 0 Å². The second kappa shape index (κ2) is 9.85. The van der Waals surface area contributed by atoms with E-state index >= 15 is 0 Å². The number of halogens is 1. The number of methoxy groups -OCH3 is 1. The Balaban J connectivity index is 1.69. The molecule has 0 aliphatic heterocycles. The fraction of sp³-hybridized carbons (Fsp3) is 0.174. The van der Waals surface area contributed by atoms with E-state index in [0.29, 0.717) is 23.1 Å². The van der Waals surface area contributed by atoms with Gasteiger partial charge in [0, 0.05) is 6.54 Å². The van der Waals surface area contributed by atoms with Gasteiger partial charge < -0.3 is 14.8 Å². The molecule has 0 aliphatic rings. The highest BCUT2D eigenvalue weighted by molar-refractivity contribution is 7.80. The Morgan fingerprint density at radius 2 is 1.68 bits per heavy atom. The van der Waals surface area contributed by atoms with Crippen LogP contribution < -0.4 is 14.8 Å². The number of benzene rings is 3. The molecular formula is C23H22FNO2S. The topological polar surface area (TPSA) is 30.5 Å². The summed E-state index contributed by atoms with van der Waals surface area (Å²) in [6.45, 7) is 1.01. The molecule has 3 rings (SSSR count). The van der Waals surface area contributed by atoms with Gasteiger partial charge in [-0.1, -0.05) is 60.7 Å². The third-order valence-corrected chi connectivity index (χ3v) is 4.65. The number of para-hydroxylation sites is 1. The van der Waals surface area contributed by atoms with E-state index in [1.807, 2.05) is 36.4 Å². The van der Waals surface area contributed by atoms with Crippen molar-refractivity contribution in [2.75, 3.05) is 13.7 Å². The highest BCUT2D eigenvalue weighted by atomic mass is 32.1. The smallest absolute Gasteiger partial charge is 0.171 e. The quantitative estimate of drug-likeness (QED) is 0.549. The predicted molar refractivity (Wildman–Crippen MR) is 114 cm³/mol. The van der Waals surface area contributed by atoms with Crippen molar-refractivity contribution in [3.63, 3.8) is 0 Å². The molecule has 3 aromatic rings. The summed E-state index contributed by atoms with van der Waals surface area (Å²) >= 11 is 5.58. The lowest BCUT2D eigenvalue weighted by Crippen LogP contribution is -2.25. The van der Waals surface area contributed by atoms with Gasteiger partial charge in [0.1, 0.15) is 17.4 Å². The minimum atomic E-state index is -0.273. The summed E-state index contributed by atoms with van der Waals surface area (Å²) in [5.74, 6) is 0.906. The van der Waals surface area contributed by atoms with Crippen LogP contribution in [0.1, 0.15) is 16.7 Å². The average molecular weight is 395 g/mol. The van der Waals surface area contributed by atoms with Gasteiger partial charge in [0.05, 0.1) is 12.7 Å². The molecule has 0 saturated heterocycles. The van der Waals surface area contributed by atoms with Crippen LogP contribution in [0.15, 0.2) is 72.8 Å². The molecule has 144 valence electrons. The van der Waals surface area contributed by atoms with E-state index in [1.165, 1.54) is 17.7 Å². The second-order valence-corrected chi connectivity index (χ2v) is 6.65. The second-order valence-electron chi connectivity index (χ2n) is 6.24. The Hall–Kier alpha value is -2.92. The van der Waals surface area contributed by atoms with E-state index in [2.05, 4.69) is 17.4 Å². The monoisotopic (exact) mass is 395 g/mol. The van der Waals surface area contributed by atoms with Gasteiger partial charge in [-0.25, -0.2) is 4.39 Å². The predicted octanol–water partition coefficient (Wildman–Crippen LogP) is 4.92. The maximum absolute atomic E-state index is 13.1. The molecule has 28 heavy (non-hydrogen) atoms. The van der Waals surface area contributed by atoms with Crippen LogP contribution in [0, 0.1) is 5.82 Å². The first-order valence-corrected chi connectivity index (χ1v) is 9.44. The number of rotatable bonds is 8. The number of thiocarbonyl (C=S) groups is 1. The molecule has 3 nitrogen and oxygen atoms in total. The van der Waals surface area contributed by atoms with Gasteiger partial charge in [-0.15, -0.1) is 0 Å². The number of nitrogens with one attached hydrogen (secondary N) is 1. The minimum absolute atomic E-state index is 0.273. The van der Waals surface area contributed by atoms with E-state index in [0.717, 1.165) is 24.1 Å². The highest BCUT2D eigenvalue weighted by Crippen LogP contribution is 2.32. The Labute approximate surface area is 170 Å². The molecule has 3 aromatic carbocycles. The van der Waals surface area contributed by atoms with Crippen molar-refractivity contribution in [2.24, 2.45) is 0 Å². The summed E-state index contributed by atoms with van der Waals surface area (Å²) in [4.78, 5) is 0.601. The summed E-state index contributed by atoms with van der Waals surface area (Å²) in [6, 6.07) is 22.1. The molecule has 0 spiro atoms. The van der Waals surface area contributed by atoms with E-state index < -0.39 is 0 Å². The van der Waals surface area contributed by atoms with Crippen LogP contribution in [-0.2, 0) is 13.0 Å². The molecule has 0 heterocycles. The summed E-state index contributed by atoms with van der Waals surface area (Å²) in [5.41, 5.74) is 2.88. The van der Waals surface area contributed by atoms with Crippen LogP contribution in [-0.4, -0.2) is 18.6 Å². The molecule has 0 aromatic heterocycles. The number of hydrogen-bond acceptors (Lipinski definition) is 3. The molecular weight excluding hydrogens is 373 g/mol. The molecule has 1 N–H and O–H groups in total. The third kappa shape index (κ3) is 5.30. The zero-order valence-corrected chi connectivity index (χ0v) is 16.5. The summed E-state index contributed by atoms with van der Waals surface area (Å²) in [5, 5.41) is 3.29. The van der Waals surface area contributed by atoms with Crippen LogP contribution in [0.25, 0.3) is 0 Å². The maximum atomic E-state index is 13.1. The van der Waals surface area contributed by atoms with Gasteiger partial charge in [0.15, 0.2) is 11.5 Å². The third-order valence-electron chi connectivity index (χ3n) is 4.28. The summed E-state index contributed by atoms with van der Waals surface area (Å²) in [7, 11) is 1.59. The van der Waals surface area contributed by atoms with Crippen molar-refractivity contribution in [3.05, 3.63) is 95.3 Å². The number of hydrogen-bond donors (Lipinski definition) is 1. The Kier molecular flexibility index (Phi) is 6.98. The van der Waals surface area contributed by atoms with Crippen LogP contribution >= 0.6 is 12.2 Å². The first kappa shape index (κ1) is 19.8. The van der Waals surface area contributed by atoms with Gasteiger partial charge in [-0.3, -0.25) is 0 Å². The Morgan fingerprint density at radius 3 is 2.39 bits per heavy atom.